The van der Waals surface area contributed by atoms with E-state index in [0.717, 1.165) is 19.3 Å². The lowest BCUT2D eigenvalue weighted by Crippen LogP contribution is -2.43. The maximum absolute atomic E-state index is 11.4. The summed E-state index contributed by atoms with van der Waals surface area (Å²) in [6.45, 7) is 18.9. The van der Waals surface area contributed by atoms with Gasteiger partial charge in [0.1, 0.15) is 11.4 Å². The zero-order valence-corrected chi connectivity index (χ0v) is 32.2. The largest absolute Gasteiger partial charge is 0.477 e. The molecule has 1 aliphatic heterocycles. The highest BCUT2D eigenvalue weighted by molar-refractivity contribution is 5.85. The van der Waals surface area contributed by atoms with Gasteiger partial charge in [-0.1, -0.05) is 64.1 Å². The van der Waals surface area contributed by atoms with Crippen molar-refractivity contribution in [1.29, 1.82) is 0 Å². The molecule has 1 saturated carbocycles. The second-order valence-corrected chi connectivity index (χ2v) is 13.2. The fourth-order valence-corrected chi connectivity index (χ4v) is 5.82. The maximum atomic E-state index is 11.4. The van der Waals surface area contributed by atoms with Crippen molar-refractivity contribution in [3.63, 3.8) is 0 Å². The van der Waals surface area contributed by atoms with E-state index < -0.39 is 11.9 Å². The van der Waals surface area contributed by atoms with E-state index in [1.807, 2.05) is 64.1 Å². The van der Waals surface area contributed by atoms with Crippen molar-refractivity contribution in [3.8, 4) is 0 Å². The summed E-state index contributed by atoms with van der Waals surface area (Å²) >= 11 is 0. The average Bonchev–Trinajstić information content (AvgIpc) is 3.13. The first-order valence-electron chi connectivity index (χ1n) is 18.6. The minimum absolute atomic E-state index is 0.0285. The van der Waals surface area contributed by atoms with Crippen molar-refractivity contribution in [1.82, 2.24) is 19.8 Å². The fraction of sp³-hybridized carbons (Fsp3) is 0.600. The maximum Gasteiger partial charge on any atom is 0.354 e. The summed E-state index contributed by atoms with van der Waals surface area (Å²) in [5, 5.41) is 18.7. The van der Waals surface area contributed by atoms with Crippen LogP contribution in [0.25, 0.3) is 0 Å². The van der Waals surface area contributed by atoms with Crippen molar-refractivity contribution >= 4 is 11.9 Å². The van der Waals surface area contributed by atoms with Gasteiger partial charge in [-0.3, -0.25) is 9.80 Å². The zero-order chi connectivity index (χ0) is 38.2. The number of carboxylic acid groups (broad SMARTS) is 2. The molecule has 0 amide bonds. The number of nitrogens with zero attached hydrogens (tertiary/aromatic N) is 4. The number of aromatic nitrogens is 2. The Kier molecular flexibility index (Phi) is 21.9. The number of allylic oxidation sites excluding steroid dienone is 4. The predicted octanol–water partition coefficient (Wildman–Crippen LogP) is 6.37. The molecule has 2 N–H and O–H groups in total. The third-order valence-corrected chi connectivity index (χ3v) is 8.55. The number of rotatable bonds is 7. The molecule has 12 nitrogen and oxygen atoms in total. The van der Waals surface area contributed by atoms with Crippen LogP contribution in [-0.4, -0.2) is 120 Å². The molecule has 2 fully saturated rings. The summed E-state index contributed by atoms with van der Waals surface area (Å²) in [6.07, 6.45) is 10.8. The molecule has 2 unspecified atom stereocenters. The summed E-state index contributed by atoms with van der Waals surface area (Å²) in [5.74, 6) is -2.09. The second kappa shape index (κ2) is 25.5. The Morgan fingerprint density at radius 2 is 1.17 bits per heavy atom. The topological polar surface area (TPSA) is 144 Å². The third kappa shape index (κ3) is 17.8. The number of aromatic carboxylic acids is 2. The van der Waals surface area contributed by atoms with Crippen LogP contribution in [0.5, 0.6) is 0 Å². The van der Waals surface area contributed by atoms with Crippen LogP contribution in [0.3, 0.4) is 0 Å². The molecule has 1 saturated heterocycles. The van der Waals surface area contributed by atoms with Gasteiger partial charge in [0.15, 0.2) is 0 Å². The van der Waals surface area contributed by atoms with Crippen LogP contribution < -0.4 is 0 Å². The first kappa shape index (κ1) is 44.6. The lowest BCUT2D eigenvalue weighted by atomic mass is 9.75. The average molecular weight is 727 g/mol. The summed E-state index contributed by atoms with van der Waals surface area (Å²) in [4.78, 5) is 35.8. The minimum Gasteiger partial charge on any atom is -0.477 e. The van der Waals surface area contributed by atoms with E-state index in [1.54, 1.807) is 12.1 Å². The molecule has 12 heteroatoms. The van der Waals surface area contributed by atoms with Gasteiger partial charge in [-0.2, -0.15) is 0 Å². The molecule has 0 bridgehead atoms. The van der Waals surface area contributed by atoms with Gasteiger partial charge in [0.05, 0.1) is 63.2 Å². The van der Waals surface area contributed by atoms with E-state index in [1.165, 1.54) is 12.1 Å². The SMILES string of the molecule is C/C=C\C=C/C.CC.CC1(C)CCC2OCCN(Cc3cccc(C(=O)O)n3)CCOCCOCCN(Cc3cccc(C(=O)O)n3)CCOC2C1. The van der Waals surface area contributed by atoms with Crippen LogP contribution in [0.15, 0.2) is 60.7 Å². The van der Waals surface area contributed by atoms with E-state index in [0.29, 0.717) is 90.3 Å². The molecular formula is C40H62N4O8. The minimum atomic E-state index is -1.05. The van der Waals surface area contributed by atoms with Crippen LogP contribution >= 0.6 is 0 Å². The van der Waals surface area contributed by atoms with Gasteiger partial charge < -0.3 is 29.2 Å². The van der Waals surface area contributed by atoms with Gasteiger partial charge in [0.25, 0.3) is 0 Å². The Morgan fingerprint density at radius 1 is 0.731 bits per heavy atom. The van der Waals surface area contributed by atoms with Gasteiger partial charge >= 0.3 is 11.9 Å². The molecule has 2 aromatic heterocycles. The lowest BCUT2D eigenvalue weighted by Gasteiger charge is -2.40. The summed E-state index contributed by atoms with van der Waals surface area (Å²) in [5.41, 5.74) is 1.58. The summed E-state index contributed by atoms with van der Waals surface area (Å²) < 4.78 is 24.7. The molecule has 0 aromatic carbocycles. The molecule has 1 aliphatic carbocycles. The van der Waals surface area contributed by atoms with E-state index >= 15 is 0 Å². The number of hydrogen-bond acceptors (Lipinski definition) is 10. The van der Waals surface area contributed by atoms with Gasteiger partial charge in [-0.15, -0.1) is 0 Å². The van der Waals surface area contributed by atoms with E-state index in [2.05, 4.69) is 33.6 Å². The molecule has 0 spiro atoms. The zero-order valence-electron chi connectivity index (χ0n) is 32.2. The summed E-state index contributed by atoms with van der Waals surface area (Å²) in [7, 11) is 0. The standard InChI is InChI=1S/C32H46N4O8.C6H10.C2H6/c1-32(2)10-9-28-29(21-32)44-18-14-36(23-25-6-4-8-27(34-25)31(39)40)12-16-42-20-19-41-15-11-35(13-17-43-28)22-24-5-3-7-26(33-24)30(37)38;1-3-5-6-4-2;1-2/h3-8,28-29H,9-23H2,1-2H3,(H,37,38)(H,39,40);3-6H,1-2H3;1-2H3/b;5-3-,6-4-;. The van der Waals surface area contributed by atoms with Crippen molar-refractivity contribution in [2.45, 2.75) is 86.1 Å². The highest BCUT2D eigenvalue weighted by atomic mass is 16.5. The Labute approximate surface area is 310 Å². The Hall–Kier alpha value is -3.52. The second-order valence-electron chi connectivity index (χ2n) is 13.2. The Bertz CT molecular complexity index is 1360. The van der Waals surface area contributed by atoms with Crippen LogP contribution in [-0.2, 0) is 32.0 Å². The molecular weight excluding hydrogens is 664 g/mol. The highest BCUT2D eigenvalue weighted by Crippen LogP contribution is 2.38. The molecule has 4 rings (SSSR count). The van der Waals surface area contributed by atoms with Gasteiger partial charge in [0.2, 0.25) is 0 Å². The van der Waals surface area contributed by atoms with Gasteiger partial charge in [-0.05, 0) is 62.8 Å². The molecule has 2 aliphatic rings. The normalized spacial score (nSPS) is 21.4. The first-order valence-corrected chi connectivity index (χ1v) is 18.6. The highest BCUT2D eigenvalue weighted by Gasteiger charge is 2.36. The first-order chi connectivity index (χ1) is 25.1. The molecule has 2 aromatic rings. The van der Waals surface area contributed by atoms with Gasteiger partial charge in [-0.25, -0.2) is 19.6 Å². The lowest BCUT2D eigenvalue weighted by molar-refractivity contribution is -0.120. The predicted molar refractivity (Wildman–Crippen MR) is 203 cm³/mol. The van der Waals surface area contributed by atoms with Crippen LogP contribution in [0.2, 0.25) is 0 Å². The van der Waals surface area contributed by atoms with E-state index in [-0.39, 0.29) is 29.0 Å². The third-order valence-electron chi connectivity index (χ3n) is 8.55. The van der Waals surface area contributed by atoms with Crippen molar-refractivity contribution in [2.75, 3.05) is 65.8 Å². The van der Waals surface area contributed by atoms with Gasteiger partial charge in [0, 0.05) is 39.3 Å². The fourth-order valence-electron chi connectivity index (χ4n) is 5.82. The van der Waals surface area contributed by atoms with Crippen molar-refractivity contribution in [3.05, 3.63) is 83.5 Å². The Morgan fingerprint density at radius 3 is 1.62 bits per heavy atom. The van der Waals surface area contributed by atoms with E-state index in [4.69, 9.17) is 18.9 Å². The van der Waals surface area contributed by atoms with Crippen molar-refractivity contribution in [2.24, 2.45) is 5.41 Å². The number of pyridine rings is 2. The number of ether oxygens (including phenoxy) is 4. The van der Waals surface area contributed by atoms with E-state index in [9.17, 15) is 19.8 Å². The number of carbonyl (C=O) groups is 2. The smallest absolute Gasteiger partial charge is 0.354 e. The molecule has 52 heavy (non-hydrogen) atoms. The van der Waals surface area contributed by atoms with Crippen LogP contribution in [0.1, 0.15) is 93.2 Å². The quantitative estimate of drug-likeness (QED) is 0.306. The molecule has 0 radical (unpaired) electrons. The molecule has 290 valence electrons. The Balaban J connectivity index is 0.00000106. The monoisotopic (exact) mass is 726 g/mol. The molecule has 2 atom stereocenters. The summed E-state index contributed by atoms with van der Waals surface area (Å²) in [6, 6.07) is 10.1. The van der Waals surface area contributed by atoms with Crippen LogP contribution in [0, 0.1) is 5.41 Å². The van der Waals surface area contributed by atoms with Crippen LogP contribution in [0.4, 0.5) is 0 Å². The number of hydrogen-bond donors (Lipinski definition) is 2. The number of carboxylic acids is 2. The molecule has 3 heterocycles. The number of fused-ring (bicyclic) bond motifs is 1. The van der Waals surface area contributed by atoms with Crippen molar-refractivity contribution < 1.29 is 38.7 Å².